The van der Waals surface area contributed by atoms with Crippen LogP contribution in [-0.4, -0.2) is 49.6 Å². The van der Waals surface area contributed by atoms with Crippen molar-refractivity contribution in [2.75, 3.05) is 13.2 Å². The highest BCUT2D eigenvalue weighted by Crippen LogP contribution is 2.32. The molecule has 3 atom stereocenters. The third kappa shape index (κ3) is 4.46. The van der Waals surface area contributed by atoms with Crippen molar-refractivity contribution in [1.29, 1.82) is 0 Å². The minimum atomic E-state index is -0.582. The fraction of sp³-hybridized carbons (Fsp3) is 0.478. The molecule has 9 heteroatoms. The standard InChI is InChI=1S/C23H26N6O3/c24-22(30)6-2-4-16-3-1-5-19(11-16)32-23-21-7-9-25-29(21)14-20(27-23)17-12-26-28(13-17)18-8-10-31-15-18/h7,9,12-14,16,18-19H,1,3-5,8,10-11,15H2,(H2,24,30)/t16-,18?,19+/m0/s1. The minimum absolute atomic E-state index is 0.0453. The highest BCUT2D eigenvalue weighted by atomic mass is 16.5. The van der Waals surface area contributed by atoms with Crippen LogP contribution in [0.1, 0.15) is 44.6 Å². The molecule has 0 bridgehead atoms. The third-order valence-electron chi connectivity index (χ3n) is 6.15. The van der Waals surface area contributed by atoms with E-state index in [0.29, 0.717) is 24.8 Å². The smallest absolute Gasteiger partial charge is 0.293 e. The summed E-state index contributed by atoms with van der Waals surface area (Å²) in [7, 11) is 0. The molecule has 1 aliphatic heterocycles. The first kappa shape index (κ1) is 20.5. The van der Waals surface area contributed by atoms with E-state index in [1.54, 1.807) is 10.7 Å². The number of hydrogen-bond donors (Lipinski definition) is 1. The highest BCUT2D eigenvalue weighted by molar-refractivity contribution is 5.91. The van der Waals surface area contributed by atoms with Crippen LogP contribution in [0, 0.1) is 17.8 Å². The Morgan fingerprint density at radius 3 is 3.06 bits per heavy atom. The number of fused-ring (bicyclic) bond motifs is 1. The second-order valence-electron chi connectivity index (χ2n) is 8.46. The van der Waals surface area contributed by atoms with Gasteiger partial charge in [0.25, 0.3) is 5.91 Å². The Labute approximate surface area is 185 Å². The van der Waals surface area contributed by atoms with Gasteiger partial charge in [-0.15, -0.1) is 0 Å². The van der Waals surface area contributed by atoms with Gasteiger partial charge in [-0.05, 0) is 50.0 Å². The zero-order chi connectivity index (χ0) is 21.9. The van der Waals surface area contributed by atoms with Crippen LogP contribution < -0.4 is 10.5 Å². The molecular weight excluding hydrogens is 408 g/mol. The van der Waals surface area contributed by atoms with Gasteiger partial charge < -0.3 is 15.2 Å². The predicted octanol–water partition coefficient (Wildman–Crippen LogP) is 2.37. The molecular formula is C23H26N6O3. The fourth-order valence-corrected chi connectivity index (χ4v) is 4.50. The van der Waals surface area contributed by atoms with E-state index in [2.05, 4.69) is 22.0 Å². The SMILES string of the molecule is NC(=O)C#CC[C@@H]1CCC[C@@H](Oc2nc(-c3cnn(C4CCOC4)c3)cn3nccc23)C1. The molecule has 3 aromatic heterocycles. The molecule has 5 rings (SSSR count). The van der Waals surface area contributed by atoms with Crippen LogP contribution in [-0.2, 0) is 9.53 Å². The number of carbonyl (C=O) groups excluding carboxylic acids is 1. The topological polar surface area (TPSA) is 110 Å². The Morgan fingerprint density at radius 2 is 2.22 bits per heavy atom. The summed E-state index contributed by atoms with van der Waals surface area (Å²) < 4.78 is 15.6. The van der Waals surface area contributed by atoms with Gasteiger partial charge in [-0.2, -0.15) is 10.2 Å². The van der Waals surface area contributed by atoms with E-state index in [0.717, 1.165) is 55.5 Å². The van der Waals surface area contributed by atoms with E-state index >= 15 is 0 Å². The summed E-state index contributed by atoms with van der Waals surface area (Å²) in [5.74, 6) is 5.71. The Bertz CT molecular complexity index is 1170. The number of rotatable bonds is 5. The fourth-order valence-electron chi connectivity index (χ4n) is 4.50. The summed E-state index contributed by atoms with van der Waals surface area (Å²) >= 11 is 0. The molecule has 9 nitrogen and oxygen atoms in total. The zero-order valence-corrected chi connectivity index (χ0v) is 17.8. The average molecular weight is 435 g/mol. The first-order valence-corrected chi connectivity index (χ1v) is 11.1. The van der Waals surface area contributed by atoms with Crippen LogP contribution >= 0.6 is 0 Å². The van der Waals surface area contributed by atoms with Gasteiger partial charge >= 0.3 is 0 Å². The molecule has 2 N–H and O–H groups in total. The molecule has 0 spiro atoms. The van der Waals surface area contributed by atoms with Crippen LogP contribution in [0.25, 0.3) is 16.8 Å². The normalized spacial score (nSPS) is 23.1. The van der Waals surface area contributed by atoms with Gasteiger partial charge in [-0.3, -0.25) is 9.48 Å². The van der Waals surface area contributed by atoms with Crippen molar-refractivity contribution >= 4 is 11.4 Å². The van der Waals surface area contributed by atoms with Gasteiger partial charge in [-0.1, -0.05) is 5.92 Å². The van der Waals surface area contributed by atoms with Crippen LogP contribution in [0.15, 0.2) is 30.9 Å². The molecule has 2 fully saturated rings. The van der Waals surface area contributed by atoms with Crippen molar-refractivity contribution < 1.29 is 14.3 Å². The summed E-state index contributed by atoms with van der Waals surface area (Å²) in [6.07, 6.45) is 13.1. The number of ether oxygens (including phenoxy) is 2. The number of carbonyl (C=O) groups is 1. The van der Waals surface area contributed by atoms with Crippen LogP contribution in [0.3, 0.4) is 0 Å². The monoisotopic (exact) mass is 434 g/mol. The molecule has 32 heavy (non-hydrogen) atoms. The average Bonchev–Trinajstić information content (AvgIpc) is 3.54. The van der Waals surface area contributed by atoms with Crippen molar-refractivity contribution in [1.82, 2.24) is 24.4 Å². The Balaban J connectivity index is 1.35. The number of nitrogens with zero attached hydrogens (tertiary/aromatic N) is 5. The number of amides is 1. The van der Waals surface area contributed by atoms with E-state index in [-0.39, 0.29) is 12.1 Å². The number of nitrogens with two attached hydrogens (primary N) is 1. The first-order chi connectivity index (χ1) is 15.7. The molecule has 0 aromatic carbocycles. The number of hydrogen-bond acceptors (Lipinski definition) is 6. The maximum atomic E-state index is 10.9. The predicted molar refractivity (Wildman–Crippen MR) is 117 cm³/mol. The van der Waals surface area contributed by atoms with Crippen molar-refractivity contribution in [3.05, 3.63) is 30.9 Å². The number of aromatic nitrogens is 5. The molecule has 1 aliphatic carbocycles. The molecule has 3 aromatic rings. The van der Waals surface area contributed by atoms with Gasteiger partial charge in [-0.25, -0.2) is 9.50 Å². The van der Waals surface area contributed by atoms with E-state index in [9.17, 15) is 4.79 Å². The lowest BCUT2D eigenvalue weighted by molar-refractivity contribution is -0.112. The van der Waals surface area contributed by atoms with Crippen molar-refractivity contribution in [3.8, 4) is 29.0 Å². The summed E-state index contributed by atoms with van der Waals surface area (Å²) in [5.41, 5.74) is 7.63. The quantitative estimate of drug-likeness (QED) is 0.618. The van der Waals surface area contributed by atoms with Gasteiger partial charge in [0.2, 0.25) is 5.88 Å². The molecule has 1 saturated heterocycles. The molecule has 0 radical (unpaired) electrons. The molecule has 1 amide bonds. The second-order valence-corrected chi connectivity index (χ2v) is 8.46. The van der Waals surface area contributed by atoms with E-state index in [4.69, 9.17) is 20.2 Å². The van der Waals surface area contributed by atoms with E-state index in [1.807, 2.05) is 29.3 Å². The van der Waals surface area contributed by atoms with E-state index in [1.165, 1.54) is 0 Å². The lowest BCUT2D eigenvalue weighted by atomic mass is 9.85. The Morgan fingerprint density at radius 1 is 1.28 bits per heavy atom. The molecule has 4 heterocycles. The molecule has 2 aliphatic rings. The zero-order valence-electron chi connectivity index (χ0n) is 17.8. The summed E-state index contributed by atoms with van der Waals surface area (Å²) in [6.45, 7) is 1.46. The maximum absolute atomic E-state index is 10.9. The largest absolute Gasteiger partial charge is 0.473 e. The molecule has 1 unspecified atom stereocenters. The van der Waals surface area contributed by atoms with E-state index < -0.39 is 5.91 Å². The second kappa shape index (κ2) is 9.01. The lowest BCUT2D eigenvalue weighted by Crippen LogP contribution is -2.26. The van der Waals surface area contributed by atoms with Crippen LogP contribution in [0.5, 0.6) is 5.88 Å². The Hall–Kier alpha value is -3.38. The van der Waals surface area contributed by atoms with Crippen molar-refractivity contribution in [2.45, 2.75) is 50.7 Å². The van der Waals surface area contributed by atoms with Crippen molar-refractivity contribution in [3.63, 3.8) is 0 Å². The Kier molecular flexibility index (Phi) is 5.77. The lowest BCUT2D eigenvalue weighted by Gasteiger charge is -2.28. The summed E-state index contributed by atoms with van der Waals surface area (Å²) in [4.78, 5) is 15.7. The van der Waals surface area contributed by atoms with Gasteiger partial charge in [0.15, 0.2) is 0 Å². The van der Waals surface area contributed by atoms with Gasteiger partial charge in [0, 0.05) is 24.8 Å². The van der Waals surface area contributed by atoms with Crippen molar-refractivity contribution in [2.24, 2.45) is 11.7 Å². The van der Waals surface area contributed by atoms with Gasteiger partial charge in [0.05, 0.1) is 36.9 Å². The maximum Gasteiger partial charge on any atom is 0.293 e. The highest BCUT2D eigenvalue weighted by Gasteiger charge is 2.25. The summed E-state index contributed by atoms with van der Waals surface area (Å²) in [5, 5.41) is 8.92. The first-order valence-electron chi connectivity index (χ1n) is 11.1. The van der Waals surface area contributed by atoms with Gasteiger partial charge in [0.1, 0.15) is 11.6 Å². The molecule has 166 valence electrons. The minimum Gasteiger partial charge on any atom is -0.473 e. The number of primary amides is 1. The van der Waals surface area contributed by atoms with Crippen LogP contribution in [0.2, 0.25) is 0 Å². The van der Waals surface area contributed by atoms with Crippen LogP contribution in [0.4, 0.5) is 0 Å². The third-order valence-corrected chi connectivity index (χ3v) is 6.15. The summed E-state index contributed by atoms with van der Waals surface area (Å²) in [6, 6.07) is 2.18. The molecule has 1 saturated carbocycles.